The first-order valence-electron chi connectivity index (χ1n) is 3.80. The maximum Gasteiger partial charge on any atom is 0.371 e. The molecule has 1 heterocycles. The molecular formula is C8H19N3O3. The summed E-state index contributed by atoms with van der Waals surface area (Å²) >= 11 is 0. The van der Waals surface area contributed by atoms with Crippen molar-refractivity contribution in [2.75, 3.05) is 21.1 Å². The molecule has 1 aromatic rings. The van der Waals surface area contributed by atoms with Crippen LogP contribution in [0, 0.1) is 0 Å². The van der Waals surface area contributed by atoms with Gasteiger partial charge < -0.3 is 26.7 Å². The lowest BCUT2D eigenvalue weighted by atomic mass is 10.5. The highest BCUT2D eigenvalue weighted by molar-refractivity contribution is 5.84. The molecule has 0 saturated heterocycles. The lowest BCUT2D eigenvalue weighted by Gasteiger charge is -1.79. The van der Waals surface area contributed by atoms with Gasteiger partial charge in [0.25, 0.3) is 0 Å². The number of hydrogen-bond donors (Lipinski definition) is 4. The Hall–Kier alpha value is -1.37. The number of aromatic carboxylic acids is 1. The molecule has 0 aliphatic carbocycles. The third kappa shape index (κ3) is 10.6. The molecule has 14 heavy (non-hydrogen) atoms. The molecule has 0 spiro atoms. The van der Waals surface area contributed by atoms with Gasteiger partial charge in [-0.25, -0.2) is 4.79 Å². The molecule has 0 aromatic carbocycles. The van der Waals surface area contributed by atoms with E-state index in [1.165, 1.54) is 39.5 Å². The zero-order valence-electron chi connectivity index (χ0n) is 8.73. The molecular weight excluding hydrogens is 186 g/mol. The van der Waals surface area contributed by atoms with Gasteiger partial charge in [0, 0.05) is 0 Å². The number of rotatable bonds is 1. The summed E-state index contributed by atoms with van der Waals surface area (Å²) in [4.78, 5) is 9.97. The molecule has 0 bridgehead atoms. The Morgan fingerprint density at radius 1 is 1.21 bits per heavy atom. The molecule has 0 fully saturated rings. The number of carbonyl (C=O) groups is 1. The van der Waals surface area contributed by atoms with E-state index in [4.69, 9.17) is 5.11 Å². The van der Waals surface area contributed by atoms with Crippen LogP contribution in [0.2, 0.25) is 0 Å². The van der Waals surface area contributed by atoms with E-state index in [-0.39, 0.29) is 5.76 Å². The van der Waals surface area contributed by atoms with E-state index in [0.29, 0.717) is 0 Å². The SMILES string of the molecule is CN.CN.CN.O=C(O)c1ccco1. The van der Waals surface area contributed by atoms with Crippen molar-refractivity contribution in [2.24, 2.45) is 17.2 Å². The molecule has 0 atom stereocenters. The second-order valence-corrected chi connectivity index (χ2v) is 1.28. The van der Waals surface area contributed by atoms with E-state index in [9.17, 15) is 4.79 Å². The first-order chi connectivity index (χ1) is 6.80. The van der Waals surface area contributed by atoms with Crippen LogP contribution in [0.15, 0.2) is 22.8 Å². The molecule has 0 aliphatic rings. The maximum atomic E-state index is 9.97. The standard InChI is InChI=1S/C5H4O3.3CH5N/c6-5(7)4-2-1-3-8-4;3*1-2/h1-3H,(H,6,7);3*2H2,1H3. The van der Waals surface area contributed by atoms with Crippen LogP contribution in [-0.2, 0) is 0 Å². The summed E-state index contributed by atoms with van der Waals surface area (Å²) in [5.74, 6) is -1.06. The lowest BCUT2D eigenvalue weighted by Crippen LogP contribution is -1.90. The number of carboxylic acid groups (broad SMARTS) is 1. The number of carboxylic acids is 1. The van der Waals surface area contributed by atoms with E-state index < -0.39 is 5.97 Å². The fourth-order valence-corrected chi connectivity index (χ4v) is 0.400. The molecule has 0 amide bonds. The van der Waals surface area contributed by atoms with Crippen molar-refractivity contribution in [1.29, 1.82) is 0 Å². The molecule has 1 aromatic heterocycles. The summed E-state index contributed by atoms with van der Waals surface area (Å²) in [5.41, 5.74) is 13.5. The highest BCUT2D eigenvalue weighted by Gasteiger charge is 2.01. The van der Waals surface area contributed by atoms with Gasteiger partial charge >= 0.3 is 5.97 Å². The van der Waals surface area contributed by atoms with Gasteiger partial charge in [0.2, 0.25) is 5.76 Å². The van der Waals surface area contributed by atoms with Crippen molar-refractivity contribution in [3.63, 3.8) is 0 Å². The van der Waals surface area contributed by atoms with Gasteiger partial charge in [0.15, 0.2) is 0 Å². The van der Waals surface area contributed by atoms with Crippen LogP contribution in [0.1, 0.15) is 10.6 Å². The van der Waals surface area contributed by atoms with E-state index in [1.54, 1.807) is 0 Å². The van der Waals surface area contributed by atoms with Gasteiger partial charge in [-0.2, -0.15) is 0 Å². The average molecular weight is 205 g/mol. The van der Waals surface area contributed by atoms with Crippen molar-refractivity contribution < 1.29 is 14.3 Å². The first-order valence-corrected chi connectivity index (χ1v) is 3.80. The highest BCUT2D eigenvalue weighted by atomic mass is 16.4. The summed E-state index contributed by atoms with van der Waals surface area (Å²) in [5, 5.41) is 8.18. The van der Waals surface area contributed by atoms with Crippen molar-refractivity contribution >= 4 is 5.97 Å². The van der Waals surface area contributed by atoms with Crippen molar-refractivity contribution in [2.45, 2.75) is 0 Å². The minimum absolute atomic E-state index is 0.0231. The predicted molar refractivity (Wildman–Crippen MR) is 56.0 cm³/mol. The minimum Gasteiger partial charge on any atom is -0.475 e. The van der Waals surface area contributed by atoms with Gasteiger partial charge in [-0.15, -0.1) is 0 Å². The van der Waals surface area contributed by atoms with Crippen LogP contribution < -0.4 is 17.2 Å². The summed E-state index contributed by atoms with van der Waals surface area (Å²) in [6.07, 6.45) is 1.32. The molecule has 0 saturated carbocycles. The molecule has 0 unspecified atom stereocenters. The number of hydrogen-bond acceptors (Lipinski definition) is 5. The van der Waals surface area contributed by atoms with Crippen molar-refractivity contribution in [1.82, 2.24) is 0 Å². The molecule has 7 N–H and O–H groups in total. The predicted octanol–water partition coefficient (Wildman–Crippen LogP) is -0.297. The van der Waals surface area contributed by atoms with E-state index in [2.05, 4.69) is 21.6 Å². The largest absolute Gasteiger partial charge is 0.475 e. The van der Waals surface area contributed by atoms with Crippen molar-refractivity contribution in [3.05, 3.63) is 24.2 Å². The third-order valence-electron chi connectivity index (χ3n) is 0.732. The second kappa shape index (κ2) is 17.6. The molecule has 0 aliphatic heterocycles. The lowest BCUT2D eigenvalue weighted by molar-refractivity contribution is 0.0662. The smallest absolute Gasteiger partial charge is 0.371 e. The monoisotopic (exact) mass is 205 g/mol. The normalized spacial score (nSPS) is 6.43. The average Bonchev–Trinajstić information content (AvgIpc) is 2.80. The Bertz CT molecular complexity index is 188. The Morgan fingerprint density at radius 2 is 1.64 bits per heavy atom. The third-order valence-corrected chi connectivity index (χ3v) is 0.732. The fraction of sp³-hybridized carbons (Fsp3) is 0.375. The Balaban J connectivity index is -0.000000174. The van der Waals surface area contributed by atoms with Gasteiger partial charge in [-0.05, 0) is 33.3 Å². The Kier molecular flexibility index (Phi) is 23.2. The summed E-state index contributed by atoms with van der Waals surface area (Å²) in [6, 6.07) is 2.92. The van der Waals surface area contributed by atoms with Gasteiger partial charge in [-0.1, -0.05) is 0 Å². The topological polar surface area (TPSA) is 128 Å². The fourth-order valence-electron chi connectivity index (χ4n) is 0.400. The van der Waals surface area contributed by atoms with E-state index >= 15 is 0 Å². The summed E-state index contributed by atoms with van der Waals surface area (Å²) in [6.45, 7) is 0. The summed E-state index contributed by atoms with van der Waals surface area (Å²) in [7, 11) is 4.50. The zero-order chi connectivity index (χ0) is 12.0. The van der Waals surface area contributed by atoms with Gasteiger partial charge in [-0.3, -0.25) is 0 Å². The van der Waals surface area contributed by atoms with Crippen LogP contribution in [0.4, 0.5) is 0 Å². The quantitative estimate of drug-likeness (QED) is 0.498. The molecule has 1 rings (SSSR count). The van der Waals surface area contributed by atoms with Crippen LogP contribution in [0.25, 0.3) is 0 Å². The maximum absolute atomic E-state index is 9.97. The van der Waals surface area contributed by atoms with E-state index in [1.807, 2.05) is 0 Å². The number of nitrogens with two attached hydrogens (primary N) is 3. The zero-order valence-corrected chi connectivity index (χ0v) is 8.73. The van der Waals surface area contributed by atoms with Crippen molar-refractivity contribution in [3.8, 4) is 0 Å². The van der Waals surface area contributed by atoms with E-state index in [0.717, 1.165) is 0 Å². The van der Waals surface area contributed by atoms with Gasteiger partial charge in [0.05, 0.1) is 6.26 Å². The second-order valence-electron chi connectivity index (χ2n) is 1.28. The molecule has 0 radical (unpaired) electrons. The molecule has 6 heteroatoms. The Morgan fingerprint density at radius 3 is 1.79 bits per heavy atom. The van der Waals surface area contributed by atoms with Crippen LogP contribution in [0.5, 0.6) is 0 Å². The molecule has 84 valence electrons. The van der Waals surface area contributed by atoms with Crippen LogP contribution >= 0.6 is 0 Å². The number of furan rings is 1. The highest BCUT2D eigenvalue weighted by Crippen LogP contribution is 1.97. The Labute approximate surface area is 83.7 Å². The van der Waals surface area contributed by atoms with Crippen LogP contribution in [0.3, 0.4) is 0 Å². The minimum atomic E-state index is -1.03. The van der Waals surface area contributed by atoms with Gasteiger partial charge in [0.1, 0.15) is 0 Å². The summed E-state index contributed by atoms with van der Waals surface area (Å²) < 4.78 is 4.50. The van der Waals surface area contributed by atoms with Crippen LogP contribution in [-0.4, -0.2) is 32.2 Å². The molecule has 6 nitrogen and oxygen atoms in total. The first kappa shape index (κ1) is 18.4.